The first kappa shape index (κ1) is 18.3. The van der Waals surface area contributed by atoms with Crippen LogP contribution in [0.4, 0.5) is 5.69 Å². The largest absolute Gasteiger partial charge is 0.491 e. The van der Waals surface area contributed by atoms with Crippen LogP contribution in [0.5, 0.6) is 5.75 Å². The van der Waals surface area contributed by atoms with Crippen molar-refractivity contribution in [1.82, 2.24) is 4.90 Å². The first-order valence-corrected chi connectivity index (χ1v) is 7.67. The standard InChI is InChI=1S/C17H28N4O/c1-14(2)22-17-7-5-15(6-8-17)20-16(9-11-19-3)13-21(4)12-10-18/h5-8,11,14H,9-10,12-13,18H2,1-4H3/b19-11-,20-16-. The molecule has 0 fully saturated rings. The second kappa shape index (κ2) is 10.1. The highest BCUT2D eigenvalue weighted by Gasteiger charge is 2.04. The van der Waals surface area contributed by atoms with Gasteiger partial charge in [0, 0.05) is 45.0 Å². The molecule has 0 heterocycles. The Balaban J connectivity index is 2.80. The van der Waals surface area contributed by atoms with Crippen LogP contribution in [0.3, 0.4) is 0 Å². The summed E-state index contributed by atoms with van der Waals surface area (Å²) < 4.78 is 5.64. The van der Waals surface area contributed by atoms with Crippen LogP contribution < -0.4 is 10.5 Å². The molecule has 122 valence electrons. The number of benzene rings is 1. The summed E-state index contributed by atoms with van der Waals surface area (Å²) in [5, 5.41) is 0. The molecule has 0 aliphatic carbocycles. The highest BCUT2D eigenvalue weighted by atomic mass is 16.5. The molecular formula is C17H28N4O. The lowest BCUT2D eigenvalue weighted by Gasteiger charge is -2.16. The van der Waals surface area contributed by atoms with E-state index in [1.54, 1.807) is 7.05 Å². The van der Waals surface area contributed by atoms with E-state index in [-0.39, 0.29) is 6.10 Å². The molecule has 0 aliphatic heterocycles. The zero-order valence-corrected chi connectivity index (χ0v) is 14.1. The van der Waals surface area contributed by atoms with Crippen LogP contribution in [0.2, 0.25) is 0 Å². The Morgan fingerprint density at radius 3 is 2.55 bits per heavy atom. The molecular weight excluding hydrogens is 276 g/mol. The summed E-state index contributed by atoms with van der Waals surface area (Å²) in [5.74, 6) is 0.867. The zero-order chi connectivity index (χ0) is 16.4. The summed E-state index contributed by atoms with van der Waals surface area (Å²) >= 11 is 0. The van der Waals surface area contributed by atoms with Crippen molar-refractivity contribution in [3.63, 3.8) is 0 Å². The molecule has 0 saturated heterocycles. The molecule has 0 bridgehead atoms. The molecule has 1 aromatic carbocycles. The molecule has 1 rings (SSSR count). The van der Waals surface area contributed by atoms with Gasteiger partial charge in [-0.15, -0.1) is 0 Å². The van der Waals surface area contributed by atoms with Gasteiger partial charge in [0.2, 0.25) is 0 Å². The van der Waals surface area contributed by atoms with Crippen molar-refractivity contribution in [3.8, 4) is 5.75 Å². The van der Waals surface area contributed by atoms with Gasteiger partial charge in [-0.1, -0.05) is 0 Å². The number of ether oxygens (including phenoxy) is 1. The lowest BCUT2D eigenvalue weighted by molar-refractivity contribution is 0.242. The minimum atomic E-state index is 0.176. The van der Waals surface area contributed by atoms with Crippen LogP contribution in [0.1, 0.15) is 20.3 Å². The molecule has 0 aliphatic rings. The molecule has 0 atom stereocenters. The maximum atomic E-state index is 5.64. The molecule has 0 radical (unpaired) electrons. The molecule has 0 unspecified atom stereocenters. The third kappa shape index (κ3) is 7.33. The van der Waals surface area contributed by atoms with Gasteiger partial charge in [0.15, 0.2) is 0 Å². The number of nitrogens with two attached hydrogens (primary N) is 1. The number of hydrogen-bond donors (Lipinski definition) is 1. The van der Waals surface area contributed by atoms with Gasteiger partial charge in [0.25, 0.3) is 0 Å². The van der Waals surface area contributed by atoms with E-state index in [4.69, 9.17) is 15.5 Å². The fraction of sp³-hybridized carbons (Fsp3) is 0.529. The van der Waals surface area contributed by atoms with E-state index >= 15 is 0 Å². The monoisotopic (exact) mass is 304 g/mol. The Labute approximate surface area is 133 Å². The molecule has 5 heteroatoms. The van der Waals surface area contributed by atoms with E-state index in [1.165, 1.54) is 0 Å². The van der Waals surface area contributed by atoms with Crippen molar-refractivity contribution in [1.29, 1.82) is 0 Å². The van der Waals surface area contributed by atoms with E-state index in [1.807, 2.05) is 51.4 Å². The third-order valence-corrected chi connectivity index (χ3v) is 2.97. The first-order chi connectivity index (χ1) is 10.5. The van der Waals surface area contributed by atoms with Crippen LogP contribution in [0, 0.1) is 0 Å². The van der Waals surface area contributed by atoms with Crippen LogP contribution in [0.25, 0.3) is 0 Å². The Morgan fingerprint density at radius 2 is 2.00 bits per heavy atom. The Morgan fingerprint density at radius 1 is 1.32 bits per heavy atom. The summed E-state index contributed by atoms with van der Waals surface area (Å²) in [7, 11) is 3.82. The molecule has 1 aromatic rings. The molecule has 0 amide bonds. The molecule has 0 aromatic heterocycles. The minimum Gasteiger partial charge on any atom is -0.491 e. The van der Waals surface area contributed by atoms with Gasteiger partial charge in [0.1, 0.15) is 5.75 Å². The molecule has 0 spiro atoms. The highest BCUT2D eigenvalue weighted by molar-refractivity contribution is 5.98. The summed E-state index contributed by atoms with van der Waals surface area (Å²) in [5.41, 5.74) is 7.59. The predicted octanol–water partition coefficient (Wildman–Crippen LogP) is 2.53. The van der Waals surface area contributed by atoms with E-state index in [9.17, 15) is 0 Å². The average molecular weight is 304 g/mol. The smallest absolute Gasteiger partial charge is 0.119 e. The highest BCUT2D eigenvalue weighted by Crippen LogP contribution is 2.19. The van der Waals surface area contributed by atoms with Crippen molar-refractivity contribution in [3.05, 3.63) is 24.3 Å². The molecule has 22 heavy (non-hydrogen) atoms. The third-order valence-electron chi connectivity index (χ3n) is 2.97. The van der Waals surface area contributed by atoms with Crippen molar-refractivity contribution in [2.24, 2.45) is 15.7 Å². The van der Waals surface area contributed by atoms with Crippen LogP contribution in [-0.4, -0.2) is 56.7 Å². The van der Waals surface area contributed by atoms with Gasteiger partial charge in [-0.3, -0.25) is 9.89 Å². The van der Waals surface area contributed by atoms with Gasteiger partial charge < -0.3 is 15.5 Å². The van der Waals surface area contributed by atoms with Gasteiger partial charge in [-0.05, 0) is 45.2 Å². The summed E-state index contributed by atoms with van der Waals surface area (Å²) in [4.78, 5) is 10.9. The van der Waals surface area contributed by atoms with Crippen LogP contribution in [-0.2, 0) is 0 Å². The van der Waals surface area contributed by atoms with Crippen molar-refractivity contribution >= 4 is 17.6 Å². The summed E-state index contributed by atoms with van der Waals surface area (Å²) in [6.07, 6.45) is 2.80. The quantitative estimate of drug-likeness (QED) is 0.713. The molecule has 0 saturated carbocycles. The predicted molar refractivity (Wildman–Crippen MR) is 94.9 cm³/mol. The topological polar surface area (TPSA) is 63.2 Å². The SMILES string of the molecule is C/N=C\C/C(CN(C)CCN)=N/c1ccc(OC(C)C)cc1. The van der Waals surface area contributed by atoms with Gasteiger partial charge in [-0.25, -0.2) is 0 Å². The Bertz CT molecular complexity index is 480. The maximum Gasteiger partial charge on any atom is 0.119 e. The van der Waals surface area contributed by atoms with Gasteiger partial charge in [-0.2, -0.15) is 0 Å². The van der Waals surface area contributed by atoms with Crippen molar-refractivity contribution in [2.45, 2.75) is 26.4 Å². The second-order valence-corrected chi connectivity index (χ2v) is 5.51. The fourth-order valence-electron chi connectivity index (χ4n) is 2.01. The van der Waals surface area contributed by atoms with Crippen LogP contribution >= 0.6 is 0 Å². The maximum absolute atomic E-state index is 5.64. The lowest BCUT2D eigenvalue weighted by Crippen LogP contribution is -2.30. The van der Waals surface area contributed by atoms with E-state index in [0.717, 1.165) is 36.7 Å². The fourth-order valence-corrected chi connectivity index (χ4v) is 2.01. The molecule has 2 N–H and O–H groups in total. The van der Waals surface area contributed by atoms with E-state index in [2.05, 4.69) is 9.89 Å². The number of likely N-dealkylation sites (N-methyl/N-ethyl adjacent to an activating group) is 1. The molecule has 5 nitrogen and oxygen atoms in total. The van der Waals surface area contributed by atoms with Gasteiger partial charge in [0.05, 0.1) is 11.8 Å². The number of rotatable bonds is 9. The number of nitrogens with zero attached hydrogens (tertiary/aromatic N) is 3. The number of hydrogen-bond acceptors (Lipinski definition) is 5. The minimum absolute atomic E-state index is 0.176. The van der Waals surface area contributed by atoms with E-state index in [0.29, 0.717) is 6.54 Å². The summed E-state index contributed by atoms with van der Waals surface area (Å²) in [6.45, 7) is 6.31. The van der Waals surface area contributed by atoms with E-state index < -0.39 is 0 Å². The lowest BCUT2D eigenvalue weighted by atomic mass is 10.2. The first-order valence-electron chi connectivity index (χ1n) is 7.67. The summed E-state index contributed by atoms with van der Waals surface area (Å²) in [6, 6.07) is 7.86. The normalized spacial score (nSPS) is 12.6. The number of aliphatic imine (C=N–C) groups is 2. The zero-order valence-electron chi connectivity index (χ0n) is 14.1. The Kier molecular flexibility index (Phi) is 8.40. The van der Waals surface area contributed by atoms with Crippen molar-refractivity contribution in [2.75, 3.05) is 33.7 Å². The van der Waals surface area contributed by atoms with Crippen LogP contribution in [0.15, 0.2) is 34.3 Å². The van der Waals surface area contributed by atoms with Crippen molar-refractivity contribution < 1.29 is 4.74 Å². The second-order valence-electron chi connectivity index (χ2n) is 5.51. The average Bonchev–Trinajstić information content (AvgIpc) is 2.46. The Hall–Kier alpha value is -1.72. The van der Waals surface area contributed by atoms with Gasteiger partial charge >= 0.3 is 0 Å².